The van der Waals surface area contributed by atoms with E-state index in [0.29, 0.717) is 25.0 Å². The van der Waals surface area contributed by atoms with Crippen LogP contribution in [0.5, 0.6) is 5.88 Å². The molecule has 2 N–H and O–H groups in total. The van der Waals surface area contributed by atoms with Crippen LogP contribution in [0.2, 0.25) is 0 Å². The highest BCUT2D eigenvalue weighted by Gasteiger charge is 2.15. The first-order valence-corrected chi connectivity index (χ1v) is 7.27. The summed E-state index contributed by atoms with van der Waals surface area (Å²) in [6, 6.07) is 4.17. The van der Waals surface area contributed by atoms with Crippen molar-refractivity contribution >= 4 is 5.91 Å². The van der Waals surface area contributed by atoms with E-state index in [1.54, 1.807) is 13.3 Å². The molecule has 0 aliphatic heterocycles. The third-order valence-corrected chi connectivity index (χ3v) is 3.61. The van der Waals surface area contributed by atoms with Crippen molar-refractivity contribution in [2.45, 2.75) is 44.7 Å². The Hall–Kier alpha value is -1.62. The summed E-state index contributed by atoms with van der Waals surface area (Å²) in [4.78, 5) is 16.0. The van der Waals surface area contributed by atoms with Gasteiger partial charge in [0, 0.05) is 24.3 Å². The number of nitrogens with zero attached hydrogens (tertiary/aromatic N) is 1. The Morgan fingerprint density at radius 1 is 1.40 bits per heavy atom. The van der Waals surface area contributed by atoms with Gasteiger partial charge in [0.15, 0.2) is 0 Å². The summed E-state index contributed by atoms with van der Waals surface area (Å²) in [6.45, 7) is 0.906. The second kappa shape index (κ2) is 7.85. The Bertz CT molecular complexity index is 431. The van der Waals surface area contributed by atoms with Crippen LogP contribution >= 0.6 is 0 Å². The molecule has 1 amide bonds. The molecule has 110 valence electrons. The smallest absolute Gasteiger partial charge is 0.234 e. The van der Waals surface area contributed by atoms with Gasteiger partial charge in [0.2, 0.25) is 11.8 Å². The molecule has 5 nitrogen and oxygen atoms in total. The van der Waals surface area contributed by atoms with Crippen molar-refractivity contribution in [1.29, 1.82) is 0 Å². The summed E-state index contributed by atoms with van der Waals surface area (Å²) in [6.07, 6.45) is 7.67. The fraction of sp³-hybridized carbons (Fsp3) is 0.600. The van der Waals surface area contributed by atoms with Crippen LogP contribution in [0.3, 0.4) is 0 Å². The lowest BCUT2D eigenvalue weighted by Crippen LogP contribution is -2.41. The fourth-order valence-electron chi connectivity index (χ4n) is 2.58. The maximum absolute atomic E-state index is 11.8. The van der Waals surface area contributed by atoms with Crippen molar-refractivity contribution in [3.63, 3.8) is 0 Å². The van der Waals surface area contributed by atoms with Crippen LogP contribution in [0.4, 0.5) is 0 Å². The summed E-state index contributed by atoms with van der Waals surface area (Å²) < 4.78 is 5.17. The van der Waals surface area contributed by atoms with Crippen molar-refractivity contribution in [2.75, 3.05) is 13.7 Å². The highest BCUT2D eigenvalue weighted by atomic mass is 16.5. The first kappa shape index (κ1) is 14.8. The first-order chi connectivity index (χ1) is 9.79. The Labute approximate surface area is 120 Å². The SMILES string of the molecule is COc1ncccc1CNCC(=O)NC1CCCCC1. The molecule has 0 radical (unpaired) electrons. The zero-order valence-corrected chi connectivity index (χ0v) is 12.0. The predicted octanol–water partition coefficient (Wildman–Crippen LogP) is 1.63. The topological polar surface area (TPSA) is 63.2 Å². The van der Waals surface area contributed by atoms with E-state index in [1.807, 2.05) is 12.1 Å². The van der Waals surface area contributed by atoms with E-state index in [2.05, 4.69) is 15.6 Å². The summed E-state index contributed by atoms with van der Waals surface area (Å²) >= 11 is 0. The van der Waals surface area contributed by atoms with Crippen LogP contribution in [0.15, 0.2) is 18.3 Å². The molecule has 0 aromatic carbocycles. The summed E-state index contributed by atoms with van der Waals surface area (Å²) in [5.41, 5.74) is 0.959. The van der Waals surface area contributed by atoms with Gasteiger partial charge in [-0.1, -0.05) is 25.3 Å². The number of carbonyl (C=O) groups is 1. The van der Waals surface area contributed by atoms with E-state index in [-0.39, 0.29) is 5.91 Å². The lowest BCUT2D eigenvalue weighted by atomic mass is 9.95. The number of ether oxygens (including phenoxy) is 1. The van der Waals surface area contributed by atoms with Crippen molar-refractivity contribution in [1.82, 2.24) is 15.6 Å². The Balaban J connectivity index is 1.70. The van der Waals surface area contributed by atoms with Crippen LogP contribution < -0.4 is 15.4 Å². The minimum atomic E-state index is 0.0692. The molecule has 0 atom stereocenters. The molecule has 5 heteroatoms. The largest absolute Gasteiger partial charge is 0.481 e. The number of methoxy groups -OCH3 is 1. The molecular weight excluding hydrogens is 254 g/mol. The van der Waals surface area contributed by atoms with Crippen LogP contribution in [-0.2, 0) is 11.3 Å². The normalized spacial score (nSPS) is 15.8. The molecule has 0 unspecified atom stereocenters. The Kier molecular flexibility index (Phi) is 5.80. The van der Waals surface area contributed by atoms with Crippen molar-refractivity contribution in [3.8, 4) is 5.88 Å². The molecule has 1 aromatic heterocycles. The molecule has 1 fully saturated rings. The van der Waals surface area contributed by atoms with Crippen molar-refractivity contribution in [3.05, 3.63) is 23.9 Å². The summed E-state index contributed by atoms with van der Waals surface area (Å²) in [5.74, 6) is 0.674. The van der Waals surface area contributed by atoms with Crippen LogP contribution in [0, 0.1) is 0 Å². The van der Waals surface area contributed by atoms with Gasteiger partial charge in [-0.05, 0) is 18.9 Å². The molecule has 1 heterocycles. The molecule has 1 aromatic rings. The van der Waals surface area contributed by atoms with E-state index in [1.165, 1.54) is 19.3 Å². The zero-order valence-electron chi connectivity index (χ0n) is 12.0. The van der Waals surface area contributed by atoms with E-state index < -0.39 is 0 Å². The third kappa shape index (κ3) is 4.49. The average molecular weight is 277 g/mol. The van der Waals surface area contributed by atoms with E-state index in [4.69, 9.17) is 4.74 Å². The molecule has 2 rings (SSSR count). The number of aromatic nitrogens is 1. The number of rotatable bonds is 6. The van der Waals surface area contributed by atoms with Gasteiger partial charge in [0.25, 0.3) is 0 Å². The molecular formula is C15H23N3O2. The Morgan fingerprint density at radius 2 is 2.20 bits per heavy atom. The number of nitrogens with one attached hydrogen (secondary N) is 2. The summed E-state index contributed by atoms with van der Waals surface area (Å²) in [7, 11) is 1.60. The maximum Gasteiger partial charge on any atom is 0.234 e. The van der Waals surface area contributed by atoms with E-state index in [9.17, 15) is 4.79 Å². The first-order valence-electron chi connectivity index (χ1n) is 7.27. The minimum absolute atomic E-state index is 0.0692. The number of pyridine rings is 1. The van der Waals surface area contributed by atoms with Gasteiger partial charge in [-0.3, -0.25) is 4.79 Å². The number of carbonyl (C=O) groups excluding carboxylic acids is 1. The van der Waals surface area contributed by atoms with Crippen LogP contribution in [0.1, 0.15) is 37.7 Å². The highest BCUT2D eigenvalue weighted by Crippen LogP contribution is 2.17. The van der Waals surface area contributed by atoms with Gasteiger partial charge in [-0.25, -0.2) is 4.98 Å². The lowest BCUT2D eigenvalue weighted by Gasteiger charge is -2.22. The van der Waals surface area contributed by atoms with E-state index >= 15 is 0 Å². The van der Waals surface area contributed by atoms with Gasteiger partial charge < -0.3 is 15.4 Å². The minimum Gasteiger partial charge on any atom is -0.481 e. The molecule has 1 aliphatic carbocycles. The van der Waals surface area contributed by atoms with E-state index in [0.717, 1.165) is 18.4 Å². The predicted molar refractivity (Wildman–Crippen MR) is 77.5 cm³/mol. The van der Waals surface area contributed by atoms with Crippen molar-refractivity contribution < 1.29 is 9.53 Å². The maximum atomic E-state index is 11.8. The number of amides is 1. The monoisotopic (exact) mass is 277 g/mol. The molecule has 0 bridgehead atoms. The highest BCUT2D eigenvalue weighted by molar-refractivity contribution is 5.78. The Morgan fingerprint density at radius 3 is 2.95 bits per heavy atom. The second-order valence-corrected chi connectivity index (χ2v) is 5.18. The molecule has 1 saturated carbocycles. The van der Waals surface area contributed by atoms with Crippen molar-refractivity contribution in [2.24, 2.45) is 0 Å². The fourth-order valence-corrected chi connectivity index (χ4v) is 2.58. The van der Waals surface area contributed by atoms with Gasteiger partial charge in [-0.2, -0.15) is 0 Å². The third-order valence-electron chi connectivity index (χ3n) is 3.61. The molecule has 0 saturated heterocycles. The standard InChI is InChI=1S/C15H23N3O2/c1-20-15-12(6-5-9-17-15)10-16-11-14(19)18-13-7-3-2-4-8-13/h5-6,9,13,16H,2-4,7-8,10-11H2,1H3,(H,18,19). The van der Waals surface area contributed by atoms with Gasteiger partial charge in [-0.15, -0.1) is 0 Å². The quantitative estimate of drug-likeness (QED) is 0.829. The van der Waals surface area contributed by atoms with Crippen LogP contribution in [-0.4, -0.2) is 30.6 Å². The second-order valence-electron chi connectivity index (χ2n) is 5.18. The number of hydrogen-bond acceptors (Lipinski definition) is 4. The average Bonchev–Trinajstić information content (AvgIpc) is 2.49. The summed E-state index contributed by atoms with van der Waals surface area (Å²) in [5, 5.41) is 6.22. The van der Waals surface area contributed by atoms with Gasteiger partial charge in [0.1, 0.15) is 0 Å². The molecule has 0 spiro atoms. The number of hydrogen-bond donors (Lipinski definition) is 2. The lowest BCUT2D eigenvalue weighted by molar-refractivity contribution is -0.121. The van der Waals surface area contributed by atoms with Gasteiger partial charge in [0.05, 0.1) is 13.7 Å². The molecule has 1 aliphatic rings. The molecule has 20 heavy (non-hydrogen) atoms. The van der Waals surface area contributed by atoms with Crippen LogP contribution in [0.25, 0.3) is 0 Å². The van der Waals surface area contributed by atoms with Gasteiger partial charge >= 0.3 is 0 Å². The zero-order chi connectivity index (χ0) is 14.2.